The van der Waals surface area contributed by atoms with E-state index in [4.69, 9.17) is 4.74 Å². The number of aliphatic carboxylic acids is 1. The van der Waals surface area contributed by atoms with Crippen molar-refractivity contribution in [3.05, 3.63) is 42.0 Å². The molecule has 0 bridgehead atoms. The Morgan fingerprint density at radius 2 is 1.71 bits per heavy atom. The molecular formula is C19H23NO4. The van der Waals surface area contributed by atoms with Crippen LogP contribution >= 0.6 is 0 Å². The first kappa shape index (κ1) is 17.8. The van der Waals surface area contributed by atoms with Crippen molar-refractivity contribution in [1.82, 2.24) is 4.90 Å². The van der Waals surface area contributed by atoms with E-state index in [1.54, 1.807) is 14.0 Å². The van der Waals surface area contributed by atoms with E-state index in [0.717, 1.165) is 22.1 Å². The van der Waals surface area contributed by atoms with Crippen LogP contribution in [-0.4, -0.2) is 41.6 Å². The zero-order valence-corrected chi connectivity index (χ0v) is 14.7. The zero-order chi connectivity index (χ0) is 18.1. The van der Waals surface area contributed by atoms with E-state index >= 15 is 0 Å². The summed E-state index contributed by atoms with van der Waals surface area (Å²) in [4.78, 5) is 25.3. The Kier molecular flexibility index (Phi) is 4.83. The summed E-state index contributed by atoms with van der Waals surface area (Å²) in [5.41, 5.74) is -0.402. The van der Waals surface area contributed by atoms with Crippen molar-refractivity contribution < 1.29 is 19.4 Å². The number of carbonyl (C=O) groups is 2. The number of amides is 1. The van der Waals surface area contributed by atoms with Crippen LogP contribution in [-0.2, 0) is 9.59 Å². The van der Waals surface area contributed by atoms with Crippen LogP contribution in [0, 0.1) is 0 Å². The number of hydrogen-bond donors (Lipinski definition) is 1. The maximum atomic E-state index is 12.7. The minimum absolute atomic E-state index is 0.227. The van der Waals surface area contributed by atoms with Gasteiger partial charge in [0.1, 0.15) is 11.3 Å². The van der Waals surface area contributed by atoms with Crippen molar-refractivity contribution >= 4 is 22.6 Å². The lowest BCUT2D eigenvalue weighted by atomic mass is 9.94. The smallest absolute Gasteiger partial charge is 0.329 e. The van der Waals surface area contributed by atoms with Crippen molar-refractivity contribution in [3.8, 4) is 5.75 Å². The van der Waals surface area contributed by atoms with Crippen molar-refractivity contribution in [2.45, 2.75) is 32.2 Å². The second-order valence-electron chi connectivity index (χ2n) is 6.46. The lowest BCUT2D eigenvalue weighted by Gasteiger charge is -2.33. The number of carboxylic acid groups (broad SMARTS) is 1. The first-order valence-electron chi connectivity index (χ1n) is 7.77. The highest BCUT2D eigenvalue weighted by Gasteiger charge is 2.37. The van der Waals surface area contributed by atoms with Gasteiger partial charge in [-0.05, 0) is 49.2 Å². The number of nitrogens with zero attached hydrogens (tertiary/aromatic N) is 1. The number of carbonyl (C=O) groups excluding carboxylic acids is 1. The number of likely N-dealkylation sites (N-methyl/N-ethyl adjacent to an activating group) is 1. The minimum atomic E-state index is -1.25. The Balaban J connectivity index is 2.32. The molecule has 2 aromatic carbocycles. The summed E-state index contributed by atoms with van der Waals surface area (Å²) in [5.74, 6) is -0.908. The van der Waals surface area contributed by atoms with Crippen molar-refractivity contribution in [2.75, 3.05) is 14.2 Å². The number of ether oxygens (including phenoxy) is 1. The van der Waals surface area contributed by atoms with Crippen LogP contribution in [0.5, 0.6) is 5.75 Å². The lowest BCUT2D eigenvalue weighted by molar-refractivity contribution is -0.155. The van der Waals surface area contributed by atoms with E-state index in [0.29, 0.717) is 0 Å². The molecule has 0 spiro atoms. The Morgan fingerprint density at radius 3 is 2.29 bits per heavy atom. The van der Waals surface area contributed by atoms with Crippen molar-refractivity contribution in [1.29, 1.82) is 0 Å². The summed E-state index contributed by atoms with van der Waals surface area (Å²) >= 11 is 0. The number of carboxylic acids is 1. The van der Waals surface area contributed by atoms with Crippen molar-refractivity contribution in [2.24, 2.45) is 0 Å². The van der Waals surface area contributed by atoms with Gasteiger partial charge in [-0.15, -0.1) is 0 Å². The van der Waals surface area contributed by atoms with E-state index in [2.05, 4.69) is 0 Å². The molecule has 0 aliphatic heterocycles. The van der Waals surface area contributed by atoms with Crippen LogP contribution in [0.4, 0.5) is 0 Å². The molecule has 0 aromatic heterocycles. The lowest BCUT2D eigenvalue weighted by Crippen LogP contribution is -2.51. The number of methoxy groups -OCH3 is 1. The fourth-order valence-corrected chi connectivity index (χ4v) is 2.49. The fraction of sp³-hybridized carbons (Fsp3) is 0.368. The van der Waals surface area contributed by atoms with Crippen LogP contribution in [0.15, 0.2) is 36.4 Å². The van der Waals surface area contributed by atoms with E-state index in [-0.39, 0.29) is 5.91 Å². The van der Waals surface area contributed by atoms with Crippen LogP contribution in [0.25, 0.3) is 10.8 Å². The topological polar surface area (TPSA) is 66.8 Å². The van der Waals surface area contributed by atoms with Gasteiger partial charge in [-0.3, -0.25) is 4.79 Å². The number of fused-ring (bicyclic) bond motifs is 1. The standard InChI is InChI=1S/C19H23NO4/c1-12(17(21)20(4)19(2,3)18(22)23)13-6-7-15-11-16(24-5)9-8-14(15)10-13/h6-12H,1-5H3,(H,22,23)/t12-/m0/s1. The quantitative estimate of drug-likeness (QED) is 0.914. The van der Waals surface area contributed by atoms with Crippen molar-refractivity contribution in [3.63, 3.8) is 0 Å². The Labute approximate surface area is 141 Å². The summed E-state index contributed by atoms with van der Waals surface area (Å²) in [6.45, 7) is 4.83. The molecule has 24 heavy (non-hydrogen) atoms. The summed E-state index contributed by atoms with van der Waals surface area (Å²) in [7, 11) is 3.15. The number of hydrogen-bond acceptors (Lipinski definition) is 3. The van der Waals surface area contributed by atoms with Gasteiger partial charge in [0.2, 0.25) is 5.91 Å². The van der Waals surface area contributed by atoms with Gasteiger partial charge in [0.05, 0.1) is 13.0 Å². The molecule has 5 heteroatoms. The normalized spacial score (nSPS) is 12.7. The summed E-state index contributed by atoms with van der Waals surface area (Å²) in [6, 6.07) is 11.5. The molecule has 0 radical (unpaired) electrons. The summed E-state index contributed by atoms with van der Waals surface area (Å²) in [6.07, 6.45) is 0. The predicted molar refractivity (Wildman–Crippen MR) is 93.4 cm³/mol. The van der Waals surface area contributed by atoms with Crippen LogP contribution < -0.4 is 4.74 Å². The second-order valence-corrected chi connectivity index (χ2v) is 6.46. The van der Waals surface area contributed by atoms with Gasteiger partial charge in [0.25, 0.3) is 0 Å². The Hall–Kier alpha value is -2.56. The maximum Gasteiger partial charge on any atom is 0.329 e. The molecule has 0 heterocycles. The molecule has 0 saturated heterocycles. The van der Waals surface area contributed by atoms with E-state index < -0.39 is 17.4 Å². The van der Waals surface area contributed by atoms with E-state index in [1.807, 2.05) is 36.4 Å². The molecule has 1 amide bonds. The molecule has 1 N–H and O–H groups in total. The molecule has 0 unspecified atom stereocenters. The van der Waals surface area contributed by atoms with Crippen LogP contribution in [0.3, 0.4) is 0 Å². The molecular weight excluding hydrogens is 306 g/mol. The van der Waals surface area contributed by atoms with Gasteiger partial charge in [0.15, 0.2) is 0 Å². The average molecular weight is 329 g/mol. The molecule has 1 atom stereocenters. The third-order valence-corrected chi connectivity index (χ3v) is 4.63. The van der Waals surface area contributed by atoms with Gasteiger partial charge < -0.3 is 14.7 Å². The summed E-state index contributed by atoms with van der Waals surface area (Å²) in [5, 5.41) is 11.3. The Bertz CT molecular complexity index is 782. The van der Waals surface area contributed by atoms with Crippen LogP contribution in [0.1, 0.15) is 32.3 Å². The molecule has 0 saturated carbocycles. The van der Waals surface area contributed by atoms with E-state index in [1.165, 1.54) is 25.8 Å². The largest absolute Gasteiger partial charge is 0.497 e. The highest BCUT2D eigenvalue weighted by Crippen LogP contribution is 2.27. The van der Waals surface area contributed by atoms with Gasteiger partial charge in [-0.25, -0.2) is 4.79 Å². The van der Waals surface area contributed by atoms with Gasteiger partial charge >= 0.3 is 5.97 Å². The first-order chi connectivity index (χ1) is 11.2. The third-order valence-electron chi connectivity index (χ3n) is 4.63. The number of rotatable bonds is 5. The summed E-state index contributed by atoms with van der Waals surface area (Å²) < 4.78 is 5.21. The molecule has 2 aromatic rings. The molecule has 5 nitrogen and oxygen atoms in total. The fourth-order valence-electron chi connectivity index (χ4n) is 2.49. The highest BCUT2D eigenvalue weighted by atomic mass is 16.5. The molecule has 0 fully saturated rings. The SMILES string of the molecule is COc1ccc2cc([C@H](C)C(=O)N(C)C(C)(C)C(=O)O)ccc2c1. The minimum Gasteiger partial charge on any atom is -0.497 e. The molecule has 128 valence electrons. The third kappa shape index (κ3) is 3.20. The van der Waals surface area contributed by atoms with Gasteiger partial charge in [0, 0.05) is 7.05 Å². The van der Waals surface area contributed by atoms with Gasteiger partial charge in [-0.2, -0.15) is 0 Å². The molecule has 2 rings (SSSR count). The number of benzene rings is 2. The zero-order valence-electron chi connectivity index (χ0n) is 14.7. The van der Waals surface area contributed by atoms with Gasteiger partial charge in [-0.1, -0.05) is 24.3 Å². The average Bonchev–Trinajstić information content (AvgIpc) is 2.58. The monoisotopic (exact) mass is 329 g/mol. The van der Waals surface area contributed by atoms with Crippen LogP contribution in [0.2, 0.25) is 0 Å². The first-order valence-corrected chi connectivity index (χ1v) is 7.77. The maximum absolute atomic E-state index is 12.7. The Morgan fingerprint density at radius 1 is 1.12 bits per heavy atom. The van der Waals surface area contributed by atoms with E-state index in [9.17, 15) is 14.7 Å². The molecule has 0 aliphatic rings. The highest BCUT2D eigenvalue weighted by molar-refractivity contribution is 5.91. The molecule has 0 aliphatic carbocycles. The second kappa shape index (κ2) is 6.51. The predicted octanol–water partition coefficient (Wildman–Crippen LogP) is 3.27.